The molecule has 0 aromatic heterocycles. The van der Waals surface area contributed by atoms with Crippen LogP contribution in [-0.4, -0.2) is 18.2 Å². The largest absolute Gasteiger partial charge is 0.444 e. The third-order valence-corrected chi connectivity index (χ3v) is 2.51. The fourth-order valence-electron chi connectivity index (χ4n) is 1.60. The third kappa shape index (κ3) is 5.22. The summed E-state index contributed by atoms with van der Waals surface area (Å²) in [6.07, 6.45) is 3.27. The van der Waals surface area contributed by atoms with E-state index < -0.39 is 11.7 Å². The zero-order valence-corrected chi connectivity index (χ0v) is 12.5. The Hall–Kier alpha value is -2.17. The van der Waals surface area contributed by atoms with Crippen molar-refractivity contribution in [2.24, 2.45) is 0 Å². The van der Waals surface area contributed by atoms with Gasteiger partial charge in [0.1, 0.15) is 5.60 Å². The molecule has 0 aliphatic carbocycles. The Kier molecular flexibility index (Phi) is 5.02. The minimum Gasteiger partial charge on any atom is -0.444 e. The van der Waals surface area contributed by atoms with Gasteiger partial charge < -0.3 is 21.5 Å². The average molecular weight is 277 g/mol. The van der Waals surface area contributed by atoms with Gasteiger partial charge in [0.2, 0.25) is 0 Å². The fraction of sp³-hybridized carbons (Fsp3) is 0.400. The molecule has 0 atom stereocenters. The van der Waals surface area contributed by atoms with Crippen molar-refractivity contribution in [3.05, 3.63) is 29.3 Å². The molecule has 0 bridgehead atoms. The Bertz CT molecular complexity index is 493. The second kappa shape index (κ2) is 6.32. The number of hydrogen-bond acceptors (Lipinski definition) is 4. The highest BCUT2D eigenvalue weighted by Gasteiger charge is 2.14. The number of nitrogen functional groups attached to an aromatic ring is 2. The normalized spacial score (nSPS) is 11.6. The van der Waals surface area contributed by atoms with Crippen LogP contribution in [0, 0.1) is 6.92 Å². The van der Waals surface area contributed by atoms with Crippen molar-refractivity contribution in [3.8, 4) is 0 Å². The van der Waals surface area contributed by atoms with Gasteiger partial charge in [-0.3, -0.25) is 0 Å². The highest BCUT2D eigenvalue weighted by molar-refractivity contribution is 5.72. The molecule has 1 amide bonds. The molecule has 0 aliphatic rings. The summed E-state index contributed by atoms with van der Waals surface area (Å²) in [5, 5.41) is 2.65. The van der Waals surface area contributed by atoms with Crippen molar-refractivity contribution in [2.45, 2.75) is 33.3 Å². The molecule has 0 spiro atoms. The minimum atomic E-state index is -0.490. The summed E-state index contributed by atoms with van der Waals surface area (Å²) < 4.78 is 5.12. The van der Waals surface area contributed by atoms with Gasteiger partial charge in [-0.15, -0.1) is 0 Å². The highest BCUT2D eigenvalue weighted by Crippen LogP contribution is 2.22. The van der Waals surface area contributed by atoms with Crippen molar-refractivity contribution in [1.29, 1.82) is 0 Å². The molecule has 0 aliphatic heterocycles. The molecule has 110 valence electrons. The maximum atomic E-state index is 11.4. The van der Waals surface area contributed by atoms with Crippen LogP contribution in [0.25, 0.3) is 6.08 Å². The molecule has 0 saturated heterocycles. The number of rotatable bonds is 3. The van der Waals surface area contributed by atoms with Crippen molar-refractivity contribution in [2.75, 3.05) is 18.0 Å². The summed E-state index contributed by atoms with van der Waals surface area (Å²) in [6.45, 7) is 7.76. The molecule has 1 rings (SSSR count). The highest BCUT2D eigenvalue weighted by atomic mass is 16.6. The van der Waals surface area contributed by atoms with E-state index >= 15 is 0 Å². The summed E-state index contributed by atoms with van der Waals surface area (Å²) in [5.41, 5.74) is 14.1. The Balaban J connectivity index is 2.52. The fourth-order valence-corrected chi connectivity index (χ4v) is 1.60. The first-order valence-corrected chi connectivity index (χ1v) is 6.48. The zero-order chi connectivity index (χ0) is 15.3. The second-order valence-electron chi connectivity index (χ2n) is 5.63. The van der Waals surface area contributed by atoms with E-state index in [2.05, 4.69) is 5.32 Å². The predicted molar refractivity (Wildman–Crippen MR) is 83.3 cm³/mol. The topological polar surface area (TPSA) is 90.4 Å². The first kappa shape index (κ1) is 15.9. The van der Waals surface area contributed by atoms with Crippen LogP contribution in [-0.2, 0) is 4.74 Å². The number of nitrogens with one attached hydrogen (secondary N) is 1. The number of nitrogens with two attached hydrogens (primary N) is 2. The van der Waals surface area contributed by atoms with Crippen molar-refractivity contribution in [1.82, 2.24) is 5.32 Å². The van der Waals surface area contributed by atoms with Crippen LogP contribution in [0.15, 0.2) is 18.2 Å². The number of aryl methyl sites for hydroxylation is 1. The number of benzene rings is 1. The Morgan fingerprint density at radius 2 is 2.00 bits per heavy atom. The maximum absolute atomic E-state index is 11.4. The van der Waals surface area contributed by atoms with Crippen molar-refractivity contribution in [3.63, 3.8) is 0 Å². The van der Waals surface area contributed by atoms with Gasteiger partial charge in [-0.2, -0.15) is 0 Å². The molecule has 0 heterocycles. The van der Waals surface area contributed by atoms with E-state index in [4.69, 9.17) is 16.2 Å². The first-order valence-electron chi connectivity index (χ1n) is 6.48. The summed E-state index contributed by atoms with van der Waals surface area (Å²) in [5.74, 6) is 0. The lowest BCUT2D eigenvalue weighted by Gasteiger charge is -2.19. The molecule has 5 nitrogen and oxygen atoms in total. The molecule has 0 radical (unpaired) electrons. The van der Waals surface area contributed by atoms with E-state index in [0.717, 1.165) is 11.1 Å². The minimum absolute atomic E-state index is 0.387. The number of hydrogen-bond donors (Lipinski definition) is 3. The number of ether oxygens (including phenoxy) is 1. The molecule has 0 saturated carbocycles. The van der Waals surface area contributed by atoms with E-state index in [1.807, 2.05) is 45.9 Å². The number of alkyl carbamates (subject to hydrolysis) is 1. The molecular formula is C15H23N3O2. The van der Waals surface area contributed by atoms with Crippen LogP contribution in [0.5, 0.6) is 0 Å². The maximum Gasteiger partial charge on any atom is 0.407 e. The predicted octanol–water partition coefficient (Wildman–Crippen LogP) is 2.70. The smallest absolute Gasteiger partial charge is 0.407 e. The van der Waals surface area contributed by atoms with Gasteiger partial charge in [0.15, 0.2) is 0 Å². The Labute approximate surface area is 120 Å². The Morgan fingerprint density at radius 3 is 2.55 bits per heavy atom. The van der Waals surface area contributed by atoms with Crippen LogP contribution in [0.2, 0.25) is 0 Å². The molecule has 5 heteroatoms. The summed E-state index contributed by atoms with van der Waals surface area (Å²) >= 11 is 0. The van der Waals surface area contributed by atoms with Crippen LogP contribution < -0.4 is 16.8 Å². The summed E-state index contributed by atoms with van der Waals surface area (Å²) in [4.78, 5) is 11.4. The quantitative estimate of drug-likeness (QED) is 0.741. The molecule has 0 fully saturated rings. The van der Waals surface area contributed by atoms with Crippen molar-refractivity contribution >= 4 is 23.5 Å². The van der Waals surface area contributed by atoms with Crippen LogP contribution in [0.1, 0.15) is 31.9 Å². The van der Waals surface area contributed by atoms with Crippen LogP contribution in [0.3, 0.4) is 0 Å². The van der Waals surface area contributed by atoms with E-state index in [0.29, 0.717) is 17.9 Å². The molecule has 0 unspecified atom stereocenters. The van der Waals surface area contributed by atoms with Crippen LogP contribution in [0.4, 0.5) is 16.2 Å². The second-order valence-corrected chi connectivity index (χ2v) is 5.63. The van der Waals surface area contributed by atoms with Gasteiger partial charge in [0.05, 0.1) is 11.4 Å². The molecule has 5 N–H and O–H groups in total. The number of carbonyl (C=O) groups excluding carboxylic acids is 1. The van der Waals surface area contributed by atoms with Gasteiger partial charge in [-0.1, -0.05) is 12.2 Å². The first-order chi connectivity index (χ1) is 9.19. The van der Waals surface area contributed by atoms with E-state index in [1.165, 1.54) is 0 Å². The van der Waals surface area contributed by atoms with Crippen molar-refractivity contribution < 1.29 is 9.53 Å². The van der Waals surface area contributed by atoms with Gasteiger partial charge >= 0.3 is 6.09 Å². The lowest BCUT2D eigenvalue weighted by atomic mass is 10.1. The monoisotopic (exact) mass is 277 g/mol. The van der Waals surface area contributed by atoms with E-state index in [9.17, 15) is 4.79 Å². The van der Waals surface area contributed by atoms with Gasteiger partial charge in [-0.05, 0) is 51.0 Å². The van der Waals surface area contributed by atoms with Gasteiger partial charge in [0, 0.05) is 6.54 Å². The lowest BCUT2D eigenvalue weighted by Crippen LogP contribution is -2.32. The molecule has 1 aromatic carbocycles. The van der Waals surface area contributed by atoms with E-state index in [-0.39, 0.29) is 0 Å². The molecular weight excluding hydrogens is 254 g/mol. The third-order valence-electron chi connectivity index (χ3n) is 2.51. The van der Waals surface area contributed by atoms with Gasteiger partial charge in [-0.25, -0.2) is 4.79 Å². The van der Waals surface area contributed by atoms with Gasteiger partial charge in [0.25, 0.3) is 0 Å². The Morgan fingerprint density at radius 1 is 1.35 bits per heavy atom. The summed E-state index contributed by atoms with van der Waals surface area (Å²) in [6, 6.07) is 3.74. The number of anilines is 2. The number of carbonyl (C=O) groups is 1. The lowest BCUT2D eigenvalue weighted by molar-refractivity contribution is 0.0534. The standard InChI is InChI=1S/C15H23N3O2/c1-10-8-11(9-12(16)13(10)17)6-5-7-18-14(19)20-15(2,3)4/h5-6,8-9H,7,16-17H2,1-4H3,(H,18,19). The van der Waals surface area contributed by atoms with E-state index in [1.54, 1.807) is 6.07 Å². The average Bonchev–Trinajstić information content (AvgIpc) is 2.29. The summed E-state index contributed by atoms with van der Waals surface area (Å²) in [7, 11) is 0. The number of amides is 1. The SMILES string of the molecule is Cc1cc(C=CCNC(=O)OC(C)(C)C)cc(N)c1N. The molecule has 20 heavy (non-hydrogen) atoms. The molecule has 1 aromatic rings. The van der Waals surface area contributed by atoms with Crippen LogP contribution >= 0.6 is 0 Å². The zero-order valence-electron chi connectivity index (χ0n) is 12.5.